The van der Waals surface area contributed by atoms with Gasteiger partial charge in [-0.25, -0.2) is 0 Å². The van der Waals surface area contributed by atoms with Crippen LogP contribution in [0.5, 0.6) is 0 Å². The van der Waals surface area contributed by atoms with E-state index in [4.69, 9.17) is 4.99 Å². The highest BCUT2D eigenvalue weighted by atomic mass is 32.2. The summed E-state index contributed by atoms with van der Waals surface area (Å²) in [5, 5.41) is 0. The molecule has 2 heterocycles. The van der Waals surface area contributed by atoms with Gasteiger partial charge in [0, 0.05) is 36.2 Å². The lowest BCUT2D eigenvalue weighted by atomic mass is 9.79. The lowest BCUT2D eigenvalue weighted by Gasteiger charge is -2.41. The van der Waals surface area contributed by atoms with Gasteiger partial charge in [0.15, 0.2) is 0 Å². The van der Waals surface area contributed by atoms with Crippen molar-refractivity contribution in [2.24, 2.45) is 15.8 Å². The van der Waals surface area contributed by atoms with Crippen LogP contribution in [-0.4, -0.2) is 43.8 Å². The second-order valence-electron chi connectivity index (χ2n) is 9.89. The Hall–Kier alpha value is -0.920. The van der Waals surface area contributed by atoms with E-state index in [9.17, 15) is 8.42 Å². The Morgan fingerprint density at radius 3 is 2.15 bits per heavy atom. The third-order valence-corrected chi connectivity index (χ3v) is 6.09. The first-order chi connectivity index (χ1) is 11.6. The largest absolute Gasteiger partial charge is 0.332 e. The Morgan fingerprint density at radius 2 is 1.69 bits per heavy atom. The molecular formula is C19H36N4O2S. The van der Waals surface area contributed by atoms with Crippen molar-refractivity contribution in [3.8, 4) is 0 Å². The molecule has 26 heavy (non-hydrogen) atoms. The van der Waals surface area contributed by atoms with Crippen LogP contribution >= 0.6 is 0 Å². The van der Waals surface area contributed by atoms with Gasteiger partial charge in [-0.2, -0.15) is 17.9 Å². The minimum absolute atomic E-state index is 0.0101. The Labute approximate surface area is 159 Å². The minimum Gasteiger partial charge on any atom is -0.332 e. The zero-order valence-corrected chi connectivity index (χ0v) is 18.6. The fraction of sp³-hybridized carbons (Fsp3) is 0.842. The Kier molecular flexibility index (Phi) is 5.68. The maximum absolute atomic E-state index is 12.3. The number of fused-ring (bicyclic) bond motifs is 1. The standard InChI is InChI=1S/C19H36N4O2S/c1-12(2)21-26(24,25)22-14-10-15-16(18(4,5)6)13(3)20-17(19(7,8)9)23(15)11-14/h12-14,21-22H,10-11H2,1-9H3/t13-,14-/m0/s1. The first-order valence-electron chi connectivity index (χ1n) is 9.50. The zero-order valence-electron chi connectivity index (χ0n) is 17.8. The highest BCUT2D eigenvalue weighted by molar-refractivity contribution is 7.87. The second kappa shape index (κ2) is 6.91. The summed E-state index contributed by atoms with van der Waals surface area (Å²) in [6.07, 6.45) is 0.699. The number of hydrogen-bond acceptors (Lipinski definition) is 4. The van der Waals surface area contributed by atoms with Crippen molar-refractivity contribution in [3.05, 3.63) is 11.3 Å². The van der Waals surface area contributed by atoms with E-state index in [1.54, 1.807) is 0 Å². The molecule has 0 saturated carbocycles. The number of hydrogen-bond donors (Lipinski definition) is 2. The molecule has 2 aliphatic rings. The van der Waals surface area contributed by atoms with Crippen molar-refractivity contribution < 1.29 is 8.42 Å². The van der Waals surface area contributed by atoms with Crippen LogP contribution in [0.4, 0.5) is 0 Å². The van der Waals surface area contributed by atoms with E-state index in [2.05, 4.69) is 62.8 Å². The first kappa shape index (κ1) is 21.4. The Balaban J connectivity index is 2.39. The molecule has 2 N–H and O–H groups in total. The monoisotopic (exact) mass is 384 g/mol. The first-order valence-corrected chi connectivity index (χ1v) is 11.0. The van der Waals surface area contributed by atoms with E-state index in [1.165, 1.54) is 11.3 Å². The highest BCUT2D eigenvalue weighted by Gasteiger charge is 2.43. The van der Waals surface area contributed by atoms with Gasteiger partial charge in [-0.15, -0.1) is 0 Å². The van der Waals surface area contributed by atoms with Gasteiger partial charge in [-0.3, -0.25) is 4.99 Å². The molecule has 0 aliphatic carbocycles. The summed E-state index contributed by atoms with van der Waals surface area (Å²) < 4.78 is 30.1. The van der Waals surface area contributed by atoms with Gasteiger partial charge >= 0.3 is 0 Å². The average molecular weight is 385 g/mol. The average Bonchev–Trinajstić information content (AvgIpc) is 2.74. The van der Waals surface area contributed by atoms with Crippen LogP contribution in [0.2, 0.25) is 0 Å². The number of amidine groups is 1. The van der Waals surface area contributed by atoms with Gasteiger partial charge in [0.05, 0.1) is 6.04 Å². The zero-order chi connectivity index (χ0) is 20.1. The summed E-state index contributed by atoms with van der Waals surface area (Å²) in [5.74, 6) is 1.05. The smallest absolute Gasteiger partial charge is 0.277 e. The van der Waals surface area contributed by atoms with E-state index < -0.39 is 10.2 Å². The van der Waals surface area contributed by atoms with Crippen LogP contribution in [0, 0.1) is 10.8 Å². The normalized spacial score (nSPS) is 25.0. The van der Waals surface area contributed by atoms with Crippen molar-refractivity contribution in [2.75, 3.05) is 6.54 Å². The Bertz CT molecular complexity index is 709. The quantitative estimate of drug-likeness (QED) is 0.782. The predicted molar refractivity (Wildman–Crippen MR) is 108 cm³/mol. The maximum atomic E-state index is 12.3. The van der Waals surface area contributed by atoms with Gasteiger partial charge in [0.2, 0.25) is 0 Å². The van der Waals surface area contributed by atoms with Gasteiger partial charge in [-0.1, -0.05) is 41.5 Å². The van der Waals surface area contributed by atoms with E-state index in [0.29, 0.717) is 13.0 Å². The molecule has 1 saturated heterocycles. The molecule has 2 rings (SSSR count). The molecule has 7 heteroatoms. The van der Waals surface area contributed by atoms with Gasteiger partial charge in [-0.05, 0) is 31.8 Å². The van der Waals surface area contributed by atoms with E-state index in [1.807, 2.05) is 13.8 Å². The molecule has 0 radical (unpaired) electrons. The fourth-order valence-corrected chi connectivity index (χ4v) is 5.35. The van der Waals surface area contributed by atoms with Crippen LogP contribution in [0.15, 0.2) is 16.3 Å². The lowest BCUT2D eigenvalue weighted by molar-refractivity contribution is 0.393. The van der Waals surface area contributed by atoms with Crippen LogP contribution in [0.1, 0.15) is 68.7 Å². The van der Waals surface area contributed by atoms with Crippen LogP contribution < -0.4 is 9.44 Å². The molecule has 0 spiro atoms. The molecule has 2 atom stereocenters. The van der Waals surface area contributed by atoms with E-state index in [-0.39, 0.29) is 29.0 Å². The summed E-state index contributed by atoms with van der Waals surface area (Å²) >= 11 is 0. The van der Waals surface area contributed by atoms with E-state index >= 15 is 0 Å². The van der Waals surface area contributed by atoms with Crippen molar-refractivity contribution in [1.29, 1.82) is 0 Å². The summed E-state index contributed by atoms with van der Waals surface area (Å²) in [7, 11) is -3.52. The second-order valence-corrected chi connectivity index (χ2v) is 11.4. The van der Waals surface area contributed by atoms with Gasteiger partial charge < -0.3 is 4.90 Å². The van der Waals surface area contributed by atoms with Crippen LogP contribution in [0.3, 0.4) is 0 Å². The SMILES string of the molecule is CC(C)NS(=O)(=O)N[C@H]1CC2=C(C(C)(C)C)[C@H](C)N=C(C(C)(C)C)N2C1. The fourth-order valence-electron chi connectivity index (χ4n) is 4.07. The molecule has 2 aliphatic heterocycles. The molecule has 0 aromatic carbocycles. The maximum Gasteiger partial charge on any atom is 0.277 e. The number of rotatable bonds is 4. The van der Waals surface area contributed by atoms with Crippen molar-refractivity contribution >= 4 is 16.0 Å². The van der Waals surface area contributed by atoms with E-state index in [0.717, 1.165) is 5.84 Å². The molecule has 0 aromatic heterocycles. The molecular weight excluding hydrogens is 348 g/mol. The molecule has 0 unspecified atom stereocenters. The molecule has 0 amide bonds. The molecule has 0 aromatic rings. The number of aliphatic imine (C=N–C) groups is 1. The highest BCUT2D eigenvalue weighted by Crippen LogP contribution is 2.42. The third kappa shape index (κ3) is 4.67. The third-order valence-electron chi connectivity index (χ3n) is 4.66. The summed E-state index contributed by atoms with van der Waals surface area (Å²) in [6.45, 7) is 19.5. The summed E-state index contributed by atoms with van der Waals surface area (Å²) in [6, 6.07) is -0.177. The summed E-state index contributed by atoms with van der Waals surface area (Å²) in [5.41, 5.74) is 2.45. The van der Waals surface area contributed by atoms with Crippen LogP contribution in [0.25, 0.3) is 0 Å². The van der Waals surface area contributed by atoms with Crippen molar-refractivity contribution in [3.63, 3.8) is 0 Å². The van der Waals surface area contributed by atoms with Gasteiger partial charge in [0.25, 0.3) is 10.2 Å². The Morgan fingerprint density at radius 1 is 1.12 bits per heavy atom. The number of nitrogens with one attached hydrogen (secondary N) is 2. The lowest BCUT2D eigenvalue weighted by Crippen LogP contribution is -2.47. The molecule has 1 fully saturated rings. The molecule has 150 valence electrons. The topological polar surface area (TPSA) is 73.8 Å². The summed E-state index contributed by atoms with van der Waals surface area (Å²) in [4.78, 5) is 7.27. The minimum atomic E-state index is -3.52. The van der Waals surface area contributed by atoms with Crippen LogP contribution in [-0.2, 0) is 10.2 Å². The van der Waals surface area contributed by atoms with Gasteiger partial charge in [0.1, 0.15) is 5.84 Å². The number of nitrogens with zero attached hydrogens (tertiary/aromatic N) is 2. The van der Waals surface area contributed by atoms with Crippen molar-refractivity contribution in [1.82, 2.24) is 14.3 Å². The molecule has 6 nitrogen and oxygen atoms in total. The van der Waals surface area contributed by atoms with Crippen molar-refractivity contribution in [2.45, 2.75) is 86.9 Å². The predicted octanol–water partition coefficient (Wildman–Crippen LogP) is 3.04. The molecule has 0 bridgehead atoms.